The standard InChI is InChI=1S/C15H16N2O2/c1-11-12(10-19-17-11)9-16-14(18)15(7-8-15)13-5-3-2-4-6-13/h2-6,10H,7-9H2,1H3,(H,16,18). The Morgan fingerprint density at radius 1 is 1.37 bits per heavy atom. The summed E-state index contributed by atoms with van der Waals surface area (Å²) in [5, 5.41) is 6.79. The van der Waals surface area contributed by atoms with E-state index in [1.165, 1.54) is 0 Å². The van der Waals surface area contributed by atoms with Crippen molar-refractivity contribution in [2.75, 3.05) is 0 Å². The molecule has 0 spiro atoms. The highest BCUT2D eigenvalue weighted by Crippen LogP contribution is 2.48. The monoisotopic (exact) mass is 256 g/mol. The maximum atomic E-state index is 12.4. The number of carbonyl (C=O) groups is 1. The van der Waals surface area contributed by atoms with Gasteiger partial charge in [-0.05, 0) is 25.3 Å². The highest BCUT2D eigenvalue weighted by atomic mass is 16.5. The van der Waals surface area contributed by atoms with Crippen molar-refractivity contribution in [1.29, 1.82) is 0 Å². The van der Waals surface area contributed by atoms with Crippen LogP contribution in [0.4, 0.5) is 0 Å². The Balaban J connectivity index is 1.70. The number of nitrogens with one attached hydrogen (secondary N) is 1. The number of benzene rings is 1. The number of amides is 1. The van der Waals surface area contributed by atoms with Gasteiger partial charge in [-0.3, -0.25) is 4.79 Å². The molecule has 0 bridgehead atoms. The summed E-state index contributed by atoms with van der Waals surface area (Å²) in [7, 11) is 0. The van der Waals surface area contributed by atoms with Gasteiger partial charge in [-0.25, -0.2) is 0 Å². The average molecular weight is 256 g/mol. The molecule has 1 aromatic heterocycles. The topological polar surface area (TPSA) is 55.1 Å². The third-order valence-corrected chi connectivity index (χ3v) is 3.80. The Hall–Kier alpha value is -2.10. The van der Waals surface area contributed by atoms with E-state index in [0.717, 1.165) is 29.7 Å². The van der Waals surface area contributed by atoms with Gasteiger partial charge in [0, 0.05) is 12.1 Å². The fourth-order valence-electron chi connectivity index (χ4n) is 2.36. The number of nitrogens with zero attached hydrogens (tertiary/aromatic N) is 1. The average Bonchev–Trinajstić information content (AvgIpc) is 3.16. The van der Waals surface area contributed by atoms with Gasteiger partial charge in [0.25, 0.3) is 0 Å². The molecule has 1 amide bonds. The van der Waals surface area contributed by atoms with Gasteiger partial charge in [0.05, 0.1) is 11.1 Å². The van der Waals surface area contributed by atoms with Crippen LogP contribution < -0.4 is 5.32 Å². The van der Waals surface area contributed by atoms with E-state index in [1.807, 2.05) is 37.3 Å². The minimum Gasteiger partial charge on any atom is -0.364 e. The van der Waals surface area contributed by atoms with Crippen LogP contribution in [0.15, 0.2) is 41.1 Å². The largest absolute Gasteiger partial charge is 0.364 e. The summed E-state index contributed by atoms with van der Waals surface area (Å²) in [6, 6.07) is 9.98. The number of carbonyl (C=O) groups excluding carboxylic acids is 1. The Morgan fingerprint density at radius 2 is 2.11 bits per heavy atom. The van der Waals surface area contributed by atoms with E-state index in [1.54, 1.807) is 6.26 Å². The van der Waals surface area contributed by atoms with Crippen LogP contribution in [0.1, 0.15) is 29.7 Å². The molecule has 2 aromatic rings. The van der Waals surface area contributed by atoms with Crippen molar-refractivity contribution < 1.29 is 9.32 Å². The molecule has 4 heteroatoms. The maximum absolute atomic E-state index is 12.4. The summed E-state index contributed by atoms with van der Waals surface area (Å²) < 4.78 is 4.86. The quantitative estimate of drug-likeness (QED) is 0.913. The molecule has 1 aliphatic rings. The van der Waals surface area contributed by atoms with Crippen LogP contribution >= 0.6 is 0 Å². The lowest BCUT2D eigenvalue weighted by molar-refractivity contribution is -0.123. The zero-order valence-electron chi connectivity index (χ0n) is 10.8. The summed E-state index contributed by atoms with van der Waals surface area (Å²) in [5.74, 6) is 0.0966. The second-order valence-electron chi connectivity index (χ2n) is 5.06. The van der Waals surface area contributed by atoms with Gasteiger partial charge in [-0.2, -0.15) is 0 Å². The lowest BCUT2D eigenvalue weighted by Crippen LogP contribution is -2.34. The van der Waals surface area contributed by atoms with Crippen LogP contribution in [-0.2, 0) is 16.8 Å². The molecule has 19 heavy (non-hydrogen) atoms. The fourth-order valence-corrected chi connectivity index (χ4v) is 2.36. The van der Waals surface area contributed by atoms with Crippen LogP contribution in [0.3, 0.4) is 0 Å². The van der Waals surface area contributed by atoms with E-state index in [0.29, 0.717) is 6.54 Å². The molecule has 0 radical (unpaired) electrons. The Labute approximate surface area is 111 Å². The summed E-state index contributed by atoms with van der Waals surface area (Å²) in [6.07, 6.45) is 3.43. The van der Waals surface area contributed by atoms with Gasteiger partial charge in [0.15, 0.2) is 0 Å². The minimum atomic E-state index is -0.313. The lowest BCUT2D eigenvalue weighted by Gasteiger charge is -2.15. The van der Waals surface area contributed by atoms with E-state index in [9.17, 15) is 4.79 Å². The minimum absolute atomic E-state index is 0.0966. The SMILES string of the molecule is Cc1nocc1CNC(=O)C1(c2ccccc2)CC1. The molecule has 1 N–H and O–H groups in total. The van der Waals surface area contributed by atoms with Crippen molar-refractivity contribution in [2.24, 2.45) is 0 Å². The first-order valence-electron chi connectivity index (χ1n) is 6.46. The van der Waals surface area contributed by atoms with Gasteiger partial charge in [-0.15, -0.1) is 0 Å². The zero-order chi connectivity index (χ0) is 13.3. The molecule has 0 unspecified atom stereocenters. The van der Waals surface area contributed by atoms with E-state index in [-0.39, 0.29) is 11.3 Å². The smallest absolute Gasteiger partial charge is 0.230 e. The van der Waals surface area contributed by atoms with Crippen LogP contribution in [0.25, 0.3) is 0 Å². The van der Waals surface area contributed by atoms with Crippen molar-refractivity contribution >= 4 is 5.91 Å². The van der Waals surface area contributed by atoms with Gasteiger partial charge in [0.1, 0.15) is 6.26 Å². The second-order valence-corrected chi connectivity index (χ2v) is 5.06. The second kappa shape index (κ2) is 4.53. The molecule has 1 saturated carbocycles. The summed E-state index contributed by atoms with van der Waals surface area (Å²) in [4.78, 5) is 12.4. The summed E-state index contributed by atoms with van der Waals surface area (Å²) >= 11 is 0. The molecule has 1 aliphatic carbocycles. The van der Waals surface area contributed by atoms with Crippen molar-refractivity contribution in [3.05, 3.63) is 53.4 Å². The first-order chi connectivity index (χ1) is 9.22. The number of aromatic nitrogens is 1. The molecule has 0 atom stereocenters. The van der Waals surface area contributed by atoms with Gasteiger partial charge in [0.2, 0.25) is 5.91 Å². The predicted octanol–water partition coefficient (Wildman–Crippen LogP) is 2.33. The van der Waals surface area contributed by atoms with E-state index < -0.39 is 0 Å². The zero-order valence-corrected chi connectivity index (χ0v) is 10.8. The third-order valence-electron chi connectivity index (χ3n) is 3.80. The number of aryl methyl sites for hydroxylation is 1. The first kappa shape index (κ1) is 12.0. The molecule has 3 rings (SSSR count). The molecule has 1 heterocycles. The highest BCUT2D eigenvalue weighted by molar-refractivity contribution is 5.91. The normalized spacial score (nSPS) is 16.1. The van der Waals surface area contributed by atoms with Gasteiger partial charge in [-0.1, -0.05) is 35.5 Å². The van der Waals surface area contributed by atoms with Crippen LogP contribution in [0, 0.1) is 6.92 Å². The van der Waals surface area contributed by atoms with Crippen LogP contribution in [-0.4, -0.2) is 11.1 Å². The van der Waals surface area contributed by atoms with Crippen molar-refractivity contribution in [2.45, 2.75) is 31.7 Å². The van der Waals surface area contributed by atoms with Crippen molar-refractivity contribution in [3.8, 4) is 0 Å². The molecule has 0 aliphatic heterocycles. The molecular formula is C15H16N2O2. The highest BCUT2D eigenvalue weighted by Gasteiger charge is 2.50. The van der Waals surface area contributed by atoms with E-state index in [4.69, 9.17) is 4.52 Å². The van der Waals surface area contributed by atoms with Crippen LogP contribution in [0.5, 0.6) is 0 Å². The Kier molecular flexibility index (Phi) is 2.85. The number of hydrogen-bond acceptors (Lipinski definition) is 3. The maximum Gasteiger partial charge on any atom is 0.230 e. The molecule has 98 valence electrons. The lowest BCUT2D eigenvalue weighted by atomic mass is 9.95. The van der Waals surface area contributed by atoms with Crippen molar-refractivity contribution in [1.82, 2.24) is 10.5 Å². The molecule has 4 nitrogen and oxygen atoms in total. The summed E-state index contributed by atoms with van der Waals surface area (Å²) in [5.41, 5.74) is 2.54. The van der Waals surface area contributed by atoms with Gasteiger partial charge >= 0.3 is 0 Å². The molecule has 0 saturated heterocycles. The first-order valence-corrected chi connectivity index (χ1v) is 6.46. The van der Waals surface area contributed by atoms with Gasteiger partial charge < -0.3 is 9.84 Å². The van der Waals surface area contributed by atoms with E-state index >= 15 is 0 Å². The summed E-state index contributed by atoms with van der Waals surface area (Å²) in [6.45, 7) is 2.35. The Morgan fingerprint density at radius 3 is 2.68 bits per heavy atom. The van der Waals surface area contributed by atoms with Crippen molar-refractivity contribution in [3.63, 3.8) is 0 Å². The predicted molar refractivity (Wildman–Crippen MR) is 70.4 cm³/mol. The number of hydrogen-bond donors (Lipinski definition) is 1. The number of rotatable bonds is 4. The molecule has 1 aromatic carbocycles. The Bertz CT molecular complexity index is 585. The molecule has 1 fully saturated rings. The van der Waals surface area contributed by atoms with Crippen LogP contribution in [0.2, 0.25) is 0 Å². The molecular weight excluding hydrogens is 240 g/mol. The third kappa shape index (κ3) is 2.14. The fraction of sp³-hybridized carbons (Fsp3) is 0.333. The van der Waals surface area contributed by atoms with E-state index in [2.05, 4.69) is 10.5 Å².